The maximum Gasteiger partial charge on any atom is 0.294 e. The summed E-state index contributed by atoms with van der Waals surface area (Å²) in [5.74, 6) is 0.678. The normalized spacial score (nSPS) is 10.9. The molecule has 0 aromatic heterocycles. The summed E-state index contributed by atoms with van der Waals surface area (Å²) in [4.78, 5) is 14.3. The average Bonchev–Trinajstić information content (AvgIpc) is 2.12. The van der Waals surface area contributed by atoms with Gasteiger partial charge in [0, 0.05) is 0 Å². The molecule has 16 heavy (non-hydrogen) atoms. The van der Waals surface area contributed by atoms with Crippen LogP contribution >= 0.6 is 0 Å². The van der Waals surface area contributed by atoms with Crippen molar-refractivity contribution >= 4 is 0 Å². The van der Waals surface area contributed by atoms with E-state index in [0.717, 1.165) is 0 Å². The molecule has 0 amide bonds. The van der Waals surface area contributed by atoms with Crippen molar-refractivity contribution < 1.29 is 14.7 Å². The average molecular weight is 225 g/mol. The standard InChI is InChI=1S/C11H15NO4/c1-11(2,3)16-10-6-4-5-9(7-10)8-15-12(13)14/h4-7H,8H2,1-3H3. The molecule has 5 heteroatoms. The highest BCUT2D eigenvalue weighted by atomic mass is 16.9. The Morgan fingerprint density at radius 3 is 2.62 bits per heavy atom. The Kier molecular flexibility index (Phi) is 3.71. The second-order valence-corrected chi connectivity index (χ2v) is 4.36. The molecule has 0 atom stereocenters. The van der Waals surface area contributed by atoms with Gasteiger partial charge in [0.2, 0.25) is 0 Å². The molecular formula is C11H15NO4. The Labute approximate surface area is 94.1 Å². The molecule has 0 saturated heterocycles. The number of hydrogen-bond acceptors (Lipinski definition) is 4. The Hall–Kier alpha value is -1.78. The van der Waals surface area contributed by atoms with E-state index in [4.69, 9.17) is 4.74 Å². The van der Waals surface area contributed by atoms with Crippen LogP contribution in [0.25, 0.3) is 0 Å². The third kappa shape index (κ3) is 4.63. The number of rotatable bonds is 4. The minimum absolute atomic E-state index is 0.0612. The van der Waals surface area contributed by atoms with Crippen LogP contribution in [0.3, 0.4) is 0 Å². The van der Waals surface area contributed by atoms with Gasteiger partial charge in [-0.25, -0.2) is 0 Å². The number of ether oxygens (including phenoxy) is 1. The first-order valence-corrected chi connectivity index (χ1v) is 4.92. The SMILES string of the molecule is CC(C)(C)Oc1cccc(CO[N+](=O)[O-])c1. The van der Waals surface area contributed by atoms with Crippen molar-refractivity contribution in [3.8, 4) is 5.75 Å². The van der Waals surface area contributed by atoms with Gasteiger partial charge in [0.05, 0.1) is 0 Å². The Balaban J connectivity index is 2.67. The lowest BCUT2D eigenvalue weighted by atomic mass is 10.2. The van der Waals surface area contributed by atoms with Crippen LogP contribution in [-0.2, 0) is 11.4 Å². The van der Waals surface area contributed by atoms with Gasteiger partial charge in [-0.15, -0.1) is 10.1 Å². The molecule has 0 spiro atoms. The summed E-state index contributed by atoms with van der Waals surface area (Å²) in [6.45, 7) is 5.75. The molecule has 5 nitrogen and oxygen atoms in total. The van der Waals surface area contributed by atoms with E-state index in [-0.39, 0.29) is 12.2 Å². The summed E-state index contributed by atoms with van der Waals surface area (Å²) in [7, 11) is 0. The van der Waals surface area contributed by atoms with Crippen LogP contribution in [0.4, 0.5) is 0 Å². The topological polar surface area (TPSA) is 61.6 Å². The lowest BCUT2D eigenvalue weighted by molar-refractivity contribution is -0.763. The molecule has 0 aliphatic heterocycles. The van der Waals surface area contributed by atoms with Crippen LogP contribution in [0.15, 0.2) is 24.3 Å². The summed E-state index contributed by atoms with van der Waals surface area (Å²) in [6.07, 6.45) is 0. The van der Waals surface area contributed by atoms with Gasteiger partial charge in [-0.1, -0.05) is 12.1 Å². The second kappa shape index (κ2) is 4.83. The lowest BCUT2D eigenvalue weighted by Gasteiger charge is -2.21. The van der Waals surface area contributed by atoms with Gasteiger partial charge in [-0.2, -0.15) is 0 Å². The largest absolute Gasteiger partial charge is 0.488 e. The fourth-order valence-corrected chi connectivity index (χ4v) is 1.18. The molecule has 0 fully saturated rings. The molecule has 88 valence electrons. The summed E-state index contributed by atoms with van der Waals surface area (Å²) in [6, 6.07) is 7.06. The number of hydrogen-bond donors (Lipinski definition) is 0. The van der Waals surface area contributed by atoms with Crippen molar-refractivity contribution in [2.45, 2.75) is 33.0 Å². The first-order valence-electron chi connectivity index (χ1n) is 4.92. The zero-order chi connectivity index (χ0) is 12.2. The summed E-state index contributed by atoms with van der Waals surface area (Å²) < 4.78 is 5.62. The van der Waals surface area contributed by atoms with Crippen molar-refractivity contribution in [2.24, 2.45) is 0 Å². The van der Waals surface area contributed by atoms with Crippen LogP contribution in [0.1, 0.15) is 26.3 Å². The third-order valence-corrected chi connectivity index (χ3v) is 1.66. The maximum absolute atomic E-state index is 10.0. The van der Waals surface area contributed by atoms with E-state index < -0.39 is 5.09 Å². The van der Waals surface area contributed by atoms with Crippen LogP contribution in [0.2, 0.25) is 0 Å². The molecule has 0 N–H and O–H groups in total. The molecule has 1 rings (SSSR count). The van der Waals surface area contributed by atoms with Crippen LogP contribution in [-0.4, -0.2) is 10.7 Å². The first-order chi connectivity index (χ1) is 7.37. The molecule has 0 aliphatic carbocycles. The quantitative estimate of drug-likeness (QED) is 0.583. The fourth-order valence-electron chi connectivity index (χ4n) is 1.18. The molecule has 0 saturated carbocycles. The predicted octanol–water partition coefficient (Wildman–Crippen LogP) is 2.57. The Bertz CT molecular complexity index is 370. The van der Waals surface area contributed by atoms with Crippen LogP contribution in [0.5, 0.6) is 5.75 Å². The second-order valence-electron chi connectivity index (χ2n) is 4.36. The minimum atomic E-state index is -0.808. The van der Waals surface area contributed by atoms with Crippen molar-refractivity contribution in [3.05, 3.63) is 39.9 Å². The number of nitrogens with zero attached hydrogens (tertiary/aromatic N) is 1. The molecule has 0 radical (unpaired) electrons. The van der Waals surface area contributed by atoms with E-state index in [9.17, 15) is 10.1 Å². The van der Waals surface area contributed by atoms with Crippen molar-refractivity contribution in [2.75, 3.05) is 0 Å². The highest BCUT2D eigenvalue weighted by Gasteiger charge is 2.11. The lowest BCUT2D eigenvalue weighted by Crippen LogP contribution is -2.22. The van der Waals surface area contributed by atoms with E-state index >= 15 is 0 Å². The van der Waals surface area contributed by atoms with Crippen molar-refractivity contribution in [1.29, 1.82) is 0 Å². The highest BCUT2D eigenvalue weighted by molar-refractivity contribution is 5.28. The van der Waals surface area contributed by atoms with Gasteiger partial charge in [0.1, 0.15) is 18.0 Å². The summed E-state index contributed by atoms with van der Waals surface area (Å²) >= 11 is 0. The maximum atomic E-state index is 10.0. The molecular weight excluding hydrogens is 210 g/mol. The van der Waals surface area contributed by atoms with Gasteiger partial charge in [0.15, 0.2) is 0 Å². The van der Waals surface area contributed by atoms with E-state index in [1.165, 1.54) is 0 Å². The monoisotopic (exact) mass is 225 g/mol. The predicted molar refractivity (Wildman–Crippen MR) is 58.6 cm³/mol. The van der Waals surface area contributed by atoms with Gasteiger partial charge < -0.3 is 9.57 Å². The fraction of sp³-hybridized carbons (Fsp3) is 0.455. The molecule has 1 aromatic carbocycles. The number of benzene rings is 1. The Morgan fingerprint density at radius 1 is 1.38 bits per heavy atom. The third-order valence-electron chi connectivity index (χ3n) is 1.66. The molecule has 0 bridgehead atoms. The smallest absolute Gasteiger partial charge is 0.294 e. The van der Waals surface area contributed by atoms with Crippen LogP contribution in [0, 0.1) is 10.1 Å². The molecule has 0 heterocycles. The van der Waals surface area contributed by atoms with Crippen molar-refractivity contribution in [1.82, 2.24) is 0 Å². The molecule has 1 aromatic rings. The van der Waals surface area contributed by atoms with Gasteiger partial charge in [0.25, 0.3) is 5.09 Å². The minimum Gasteiger partial charge on any atom is -0.488 e. The summed E-state index contributed by atoms with van der Waals surface area (Å²) in [5.41, 5.74) is 0.418. The van der Waals surface area contributed by atoms with E-state index in [2.05, 4.69) is 4.84 Å². The molecule has 0 aliphatic rings. The van der Waals surface area contributed by atoms with E-state index in [1.807, 2.05) is 20.8 Å². The van der Waals surface area contributed by atoms with E-state index in [1.54, 1.807) is 24.3 Å². The van der Waals surface area contributed by atoms with Gasteiger partial charge in [-0.3, -0.25) is 0 Å². The van der Waals surface area contributed by atoms with Gasteiger partial charge in [-0.05, 0) is 38.5 Å². The van der Waals surface area contributed by atoms with E-state index in [0.29, 0.717) is 11.3 Å². The summed E-state index contributed by atoms with van der Waals surface area (Å²) in [5, 5.41) is 9.23. The highest BCUT2D eigenvalue weighted by Crippen LogP contribution is 2.19. The first kappa shape index (κ1) is 12.3. The van der Waals surface area contributed by atoms with Crippen molar-refractivity contribution in [3.63, 3.8) is 0 Å². The van der Waals surface area contributed by atoms with Gasteiger partial charge >= 0.3 is 0 Å². The zero-order valence-corrected chi connectivity index (χ0v) is 9.60. The molecule has 0 unspecified atom stereocenters. The Morgan fingerprint density at radius 2 is 2.06 bits per heavy atom. The van der Waals surface area contributed by atoms with Crippen LogP contribution < -0.4 is 4.74 Å². The zero-order valence-electron chi connectivity index (χ0n) is 9.60.